The number of carbonyl (C=O) groups excluding carboxylic acids is 2. The number of fused-ring (bicyclic) bond motifs is 1. The molecule has 3 rings (SSSR count). The van der Waals surface area contributed by atoms with Gasteiger partial charge in [-0.05, 0) is 38.0 Å². The molecule has 0 aliphatic carbocycles. The molecule has 0 unspecified atom stereocenters. The first-order valence-corrected chi connectivity index (χ1v) is 9.14. The average Bonchev–Trinajstić information content (AvgIpc) is 3.00. The molecular formula is C22H24N2O3. The van der Waals surface area contributed by atoms with Gasteiger partial charge in [-0.2, -0.15) is 0 Å². The van der Waals surface area contributed by atoms with Crippen LogP contribution >= 0.6 is 0 Å². The Kier molecular flexibility index (Phi) is 5.60. The van der Waals surface area contributed by atoms with Crippen molar-refractivity contribution in [3.63, 3.8) is 0 Å². The Morgan fingerprint density at radius 2 is 1.74 bits per heavy atom. The summed E-state index contributed by atoms with van der Waals surface area (Å²) in [7, 11) is 0. The summed E-state index contributed by atoms with van der Waals surface area (Å²) in [6, 6.07) is 15.1. The Morgan fingerprint density at radius 3 is 2.44 bits per heavy atom. The summed E-state index contributed by atoms with van der Waals surface area (Å²) in [5, 5.41) is 3.80. The van der Waals surface area contributed by atoms with E-state index in [9.17, 15) is 9.59 Å². The fourth-order valence-electron chi connectivity index (χ4n) is 3.12. The molecule has 3 aromatic rings. The van der Waals surface area contributed by atoms with Crippen LogP contribution < -0.4 is 5.32 Å². The van der Waals surface area contributed by atoms with Crippen molar-refractivity contribution in [2.75, 3.05) is 18.4 Å². The molecule has 1 N–H and O–H groups in total. The lowest BCUT2D eigenvalue weighted by atomic mass is 10.1. The second-order valence-corrected chi connectivity index (χ2v) is 6.64. The monoisotopic (exact) mass is 364 g/mol. The maximum absolute atomic E-state index is 13.0. The molecule has 0 radical (unpaired) electrons. The van der Waals surface area contributed by atoms with Gasteiger partial charge in [0, 0.05) is 23.2 Å². The molecule has 0 atom stereocenters. The van der Waals surface area contributed by atoms with E-state index < -0.39 is 0 Å². The number of rotatable bonds is 6. The van der Waals surface area contributed by atoms with Gasteiger partial charge < -0.3 is 14.6 Å². The Balaban J connectivity index is 1.79. The third-order valence-corrected chi connectivity index (χ3v) is 4.57. The molecule has 2 amide bonds. The Bertz CT molecular complexity index is 975. The normalized spacial score (nSPS) is 10.8. The van der Waals surface area contributed by atoms with Gasteiger partial charge in [0.2, 0.25) is 5.91 Å². The van der Waals surface area contributed by atoms with Gasteiger partial charge in [0.05, 0.1) is 0 Å². The molecule has 0 aliphatic heterocycles. The van der Waals surface area contributed by atoms with Gasteiger partial charge in [0.25, 0.3) is 5.91 Å². The van der Waals surface area contributed by atoms with Crippen LogP contribution in [0.1, 0.15) is 35.0 Å². The van der Waals surface area contributed by atoms with Crippen molar-refractivity contribution in [1.29, 1.82) is 0 Å². The van der Waals surface area contributed by atoms with Crippen LogP contribution in [0.15, 0.2) is 52.9 Å². The zero-order valence-corrected chi connectivity index (χ0v) is 15.9. The summed E-state index contributed by atoms with van der Waals surface area (Å²) >= 11 is 0. The first-order valence-electron chi connectivity index (χ1n) is 9.14. The number of aryl methyl sites for hydroxylation is 2. The molecular weight excluding hydrogens is 340 g/mol. The number of anilines is 1. The molecule has 1 heterocycles. The maximum atomic E-state index is 13.0. The smallest absolute Gasteiger partial charge is 0.290 e. The van der Waals surface area contributed by atoms with Crippen LogP contribution in [0, 0.1) is 13.8 Å². The summed E-state index contributed by atoms with van der Waals surface area (Å²) in [5.41, 5.74) is 3.22. The van der Waals surface area contributed by atoms with Crippen molar-refractivity contribution in [3.8, 4) is 0 Å². The number of hydrogen-bond donors (Lipinski definition) is 1. The van der Waals surface area contributed by atoms with Crippen LogP contribution in [0.25, 0.3) is 11.0 Å². The summed E-state index contributed by atoms with van der Waals surface area (Å²) < 4.78 is 5.78. The number of benzene rings is 2. The Morgan fingerprint density at radius 1 is 1.04 bits per heavy atom. The van der Waals surface area contributed by atoms with Gasteiger partial charge >= 0.3 is 0 Å². The lowest BCUT2D eigenvalue weighted by Gasteiger charge is -2.21. The summed E-state index contributed by atoms with van der Waals surface area (Å²) in [6.07, 6.45) is 0.753. The number of nitrogens with one attached hydrogen (secondary N) is 1. The number of carbonyl (C=O) groups is 2. The van der Waals surface area contributed by atoms with Crippen molar-refractivity contribution in [1.82, 2.24) is 4.90 Å². The number of hydrogen-bond acceptors (Lipinski definition) is 3. The van der Waals surface area contributed by atoms with Crippen LogP contribution in [0.2, 0.25) is 0 Å². The molecule has 0 fully saturated rings. The van der Waals surface area contributed by atoms with Crippen molar-refractivity contribution >= 4 is 28.5 Å². The van der Waals surface area contributed by atoms with Crippen LogP contribution in [0.5, 0.6) is 0 Å². The molecule has 0 aliphatic rings. The first kappa shape index (κ1) is 18.7. The highest BCUT2D eigenvalue weighted by Gasteiger charge is 2.24. The molecule has 5 heteroatoms. The van der Waals surface area contributed by atoms with Gasteiger partial charge in [0.15, 0.2) is 5.76 Å². The molecule has 0 saturated heterocycles. The van der Waals surface area contributed by atoms with Gasteiger partial charge in [-0.3, -0.25) is 9.59 Å². The Labute approximate surface area is 159 Å². The standard InChI is InChI=1S/C22H24N2O3/c1-4-13-24(14-20(25)23-18-11-7-5-9-15(18)2)22(26)21-16(3)17-10-6-8-12-19(17)27-21/h5-12H,4,13-14H2,1-3H3,(H,23,25). The molecule has 0 bridgehead atoms. The minimum atomic E-state index is -0.259. The molecule has 0 saturated carbocycles. The molecule has 1 aromatic heterocycles. The average molecular weight is 364 g/mol. The summed E-state index contributed by atoms with van der Waals surface area (Å²) in [5.74, 6) is -0.182. The quantitative estimate of drug-likeness (QED) is 0.698. The van der Waals surface area contributed by atoms with Crippen LogP contribution in [-0.2, 0) is 4.79 Å². The number of amides is 2. The predicted octanol–water partition coefficient (Wildman–Crippen LogP) is 4.54. The molecule has 2 aromatic carbocycles. The van der Waals surface area contributed by atoms with E-state index in [1.807, 2.05) is 69.3 Å². The number of nitrogens with zero attached hydrogens (tertiary/aromatic N) is 1. The number of para-hydroxylation sites is 2. The van der Waals surface area contributed by atoms with E-state index in [2.05, 4.69) is 5.32 Å². The fraction of sp³-hybridized carbons (Fsp3) is 0.273. The predicted molar refractivity (Wildman–Crippen MR) is 107 cm³/mol. The zero-order valence-electron chi connectivity index (χ0n) is 15.9. The van der Waals surface area contributed by atoms with Gasteiger partial charge in [-0.1, -0.05) is 43.3 Å². The second-order valence-electron chi connectivity index (χ2n) is 6.64. The minimum absolute atomic E-state index is 0.0164. The van der Waals surface area contributed by atoms with Crippen LogP contribution in [0.3, 0.4) is 0 Å². The zero-order chi connectivity index (χ0) is 19.4. The minimum Gasteiger partial charge on any atom is -0.451 e. The summed E-state index contributed by atoms with van der Waals surface area (Å²) in [6.45, 7) is 6.25. The van der Waals surface area contributed by atoms with E-state index in [0.29, 0.717) is 17.9 Å². The van der Waals surface area contributed by atoms with Crippen molar-refractivity contribution in [3.05, 3.63) is 65.4 Å². The van der Waals surface area contributed by atoms with E-state index in [0.717, 1.165) is 28.6 Å². The van der Waals surface area contributed by atoms with E-state index >= 15 is 0 Å². The Hall–Kier alpha value is -3.08. The first-order chi connectivity index (χ1) is 13.0. The van der Waals surface area contributed by atoms with Gasteiger partial charge in [-0.15, -0.1) is 0 Å². The highest BCUT2D eigenvalue weighted by molar-refractivity contribution is 6.01. The van der Waals surface area contributed by atoms with Crippen molar-refractivity contribution in [2.45, 2.75) is 27.2 Å². The molecule has 5 nitrogen and oxygen atoms in total. The maximum Gasteiger partial charge on any atom is 0.290 e. The van der Waals surface area contributed by atoms with Gasteiger partial charge in [0.1, 0.15) is 12.1 Å². The van der Waals surface area contributed by atoms with E-state index in [1.165, 1.54) is 4.90 Å². The van der Waals surface area contributed by atoms with E-state index in [4.69, 9.17) is 4.42 Å². The van der Waals surface area contributed by atoms with Crippen LogP contribution in [-0.4, -0.2) is 29.8 Å². The molecule has 0 spiro atoms. The van der Waals surface area contributed by atoms with Crippen LogP contribution in [0.4, 0.5) is 5.69 Å². The van der Waals surface area contributed by atoms with Crippen molar-refractivity contribution in [2.24, 2.45) is 0 Å². The van der Waals surface area contributed by atoms with E-state index in [-0.39, 0.29) is 18.4 Å². The molecule has 27 heavy (non-hydrogen) atoms. The number of furan rings is 1. The highest BCUT2D eigenvalue weighted by Crippen LogP contribution is 2.26. The third kappa shape index (κ3) is 4.03. The lowest BCUT2D eigenvalue weighted by Crippen LogP contribution is -2.38. The highest BCUT2D eigenvalue weighted by atomic mass is 16.3. The topological polar surface area (TPSA) is 62.6 Å². The van der Waals surface area contributed by atoms with E-state index in [1.54, 1.807) is 0 Å². The fourth-order valence-corrected chi connectivity index (χ4v) is 3.12. The van der Waals surface area contributed by atoms with Gasteiger partial charge in [-0.25, -0.2) is 0 Å². The SMILES string of the molecule is CCCN(CC(=O)Nc1ccccc1C)C(=O)c1oc2ccccc2c1C. The lowest BCUT2D eigenvalue weighted by molar-refractivity contribution is -0.116. The third-order valence-electron chi connectivity index (χ3n) is 4.57. The van der Waals surface area contributed by atoms with Crippen molar-refractivity contribution < 1.29 is 14.0 Å². The summed E-state index contributed by atoms with van der Waals surface area (Å²) in [4.78, 5) is 27.1. The second kappa shape index (κ2) is 8.08. The molecule has 140 valence electrons. The largest absolute Gasteiger partial charge is 0.451 e.